The molecule has 1 aliphatic carbocycles. The number of carbonyl (C=O) groups is 1. The third-order valence-electron chi connectivity index (χ3n) is 4.86. The number of anilines is 1. The second-order valence-electron chi connectivity index (χ2n) is 7.09. The molecule has 7 nitrogen and oxygen atoms in total. The van der Waals surface area contributed by atoms with Gasteiger partial charge in [0.25, 0.3) is 5.91 Å². The Hall–Kier alpha value is -3.69. The third kappa shape index (κ3) is 3.40. The molecule has 152 valence electrons. The van der Waals surface area contributed by atoms with Gasteiger partial charge >= 0.3 is 6.18 Å². The molecule has 1 N–H and O–H groups in total. The first-order chi connectivity index (χ1) is 14.4. The summed E-state index contributed by atoms with van der Waals surface area (Å²) in [6.45, 7) is 0. The van der Waals surface area contributed by atoms with Gasteiger partial charge in [-0.3, -0.25) is 4.79 Å². The Morgan fingerprint density at radius 2 is 1.87 bits per heavy atom. The molecular formula is C20H15F3N6O. The normalized spacial score (nSPS) is 14.2. The number of rotatable bonds is 4. The van der Waals surface area contributed by atoms with Crippen LogP contribution in [0.25, 0.3) is 11.3 Å². The number of nitrogens with zero attached hydrogens (tertiary/aromatic N) is 5. The summed E-state index contributed by atoms with van der Waals surface area (Å²) in [5.41, 5.74) is 1.39. The van der Waals surface area contributed by atoms with Crippen LogP contribution in [0.4, 0.5) is 18.9 Å². The van der Waals surface area contributed by atoms with Gasteiger partial charge in [0.1, 0.15) is 0 Å². The van der Waals surface area contributed by atoms with Crippen molar-refractivity contribution in [2.75, 3.05) is 5.32 Å². The number of halogens is 3. The monoisotopic (exact) mass is 412 g/mol. The van der Waals surface area contributed by atoms with E-state index in [0.29, 0.717) is 22.7 Å². The summed E-state index contributed by atoms with van der Waals surface area (Å²) < 4.78 is 42.1. The van der Waals surface area contributed by atoms with Crippen LogP contribution in [0.5, 0.6) is 0 Å². The Morgan fingerprint density at radius 1 is 1.10 bits per heavy atom. The highest BCUT2D eigenvalue weighted by Gasteiger charge is 2.38. The molecule has 1 saturated carbocycles. The van der Waals surface area contributed by atoms with Gasteiger partial charge in [-0.05, 0) is 49.2 Å². The number of benzene rings is 1. The minimum absolute atomic E-state index is 0.0941. The van der Waals surface area contributed by atoms with Gasteiger partial charge in [0.05, 0.1) is 5.69 Å². The van der Waals surface area contributed by atoms with E-state index in [1.54, 1.807) is 48.8 Å². The Bertz CT molecular complexity index is 1200. The number of alkyl halides is 3. The predicted octanol–water partition coefficient (Wildman–Crippen LogP) is 4.06. The lowest BCUT2D eigenvalue weighted by Gasteiger charge is -2.08. The van der Waals surface area contributed by atoms with Crippen molar-refractivity contribution < 1.29 is 18.0 Å². The highest BCUT2D eigenvalue weighted by Crippen LogP contribution is 2.43. The average Bonchev–Trinajstić information content (AvgIpc) is 3.30. The standard InChI is InChI=1S/C20H15F3N6O/c21-20(22,23)17-11-16(12-2-3-12)29(27-17)14-6-4-13(5-7-14)25-19(30)15-10-18-24-8-1-9-28(18)26-15/h1,4-12H,2-3H2,(H,25,30). The predicted molar refractivity (Wildman–Crippen MR) is 101 cm³/mol. The highest BCUT2D eigenvalue weighted by atomic mass is 19.4. The van der Waals surface area contributed by atoms with Crippen LogP contribution in [0.3, 0.4) is 0 Å². The maximum atomic E-state index is 13.1. The summed E-state index contributed by atoms with van der Waals surface area (Å²) in [6, 6.07) is 10.9. The molecule has 1 amide bonds. The number of nitrogens with one attached hydrogen (secondary N) is 1. The first-order valence-electron chi connectivity index (χ1n) is 9.28. The summed E-state index contributed by atoms with van der Waals surface area (Å²) in [4.78, 5) is 16.6. The molecule has 0 aliphatic heterocycles. The van der Waals surface area contributed by atoms with Crippen LogP contribution in [0.2, 0.25) is 0 Å². The van der Waals surface area contributed by atoms with E-state index in [-0.39, 0.29) is 11.6 Å². The van der Waals surface area contributed by atoms with Crippen LogP contribution in [-0.2, 0) is 6.18 Å². The van der Waals surface area contributed by atoms with E-state index in [2.05, 4.69) is 20.5 Å². The van der Waals surface area contributed by atoms with Gasteiger partial charge in [0, 0.05) is 35.8 Å². The van der Waals surface area contributed by atoms with Gasteiger partial charge in [-0.15, -0.1) is 0 Å². The molecule has 0 atom stereocenters. The quantitative estimate of drug-likeness (QED) is 0.548. The number of hydrogen-bond donors (Lipinski definition) is 1. The van der Waals surface area contributed by atoms with Crippen molar-refractivity contribution in [2.45, 2.75) is 24.9 Å². The zero-order chi connectivity index (χ0) is 20.9. The van der Waals surface area contributed by atoms with E-state index in [1.165, 1.54) is 9.20 Å². The first-order valence-corrected chi connectivity index (χ1v) is 9.28. The highest BCUT2D eigenvalue weighted by molar-refractivity contribution is 6.03. The van der Waals surface area contributed by atoms with Gasteiger partial charge in [0.15, 0.2) is 17.0 Å². The van der Waals surface area contributed by atoms with Crippen LogP contribution in [-0.4, -0.2) is 30.3 Å². The molecule has 10 heteroatoms. The van der Waals surface area contributed by atoms with Gasteiger partial charge in [-0.1, -0.05) is 0 Å². The van der Waals surface area contributed by atoms with Gasteiger partial charge < -0.3 is 5.32 Å². The molecule has 1 aromatic carbocycles. The molecule has 0 spiro atoms. The largest absolute Gasteiger partial charge is 0.435 e. The number of aromatic nitrogens is 5. The van der Waals surface area contributed by atoms with E-state index >= 15 is 0 Å². The maximum Gasteiger partial charge on any atom is 0.435 e. The molecule has 0 unspecified atom stereocenters. The van der Waals surface area contributed by atoms with Gasteiger partial charge in [-0.25, -0.2) is 14.2 Å². The van der Waals surface area contributed by atoms with Gasteiger partial charge in [0.2, 0.25) is 0 Å². The van der Waals surface area contributed by atoms with E-state index < -0.39 is 17.8 Å². The van der Waals surface area contributed by atoms with Crippen LogP contribution in [0.15, 0.2) is 54.9 Å². The molecule has 3 heterocycles. The molecule has 0 saturated heterocycles. The van der Waals surface area contributed by atoms with Crippen LogP contribution in [0, 0.1) is 0 Å². The maximum absolute atomic E-state index is 13.1. The fourth-order valence-corrected chi connectivity index (χ4v) is 3.23. The molecule has 30 heavy (non-hydrogen) atoms. The van der Waals surface area contributed by atoms with Crippen molar-refractivity contribution in [1.82, 2.24) is 24.4 Å². The average molecular weight is 412 g/mol. The lowest BCUT2D eigenvalue weighted by atomic mass is 10.2. The van der Waals surface area contributed by atoms with Gasteiger partial charge in [-0.2, -0.15) is 23.4 Å². The topological polar surface area (TPSA) is 77.1 Å². The first kappa shape index (κ1) is 18.3. The third-order valence-corrected chi connectivity index (χ3v) is 4.86. The summed E-state index contributed by atoms with van der Waals surface area (Å²) in [5.74, 6) is -0.318. The van der Waals surface area contributed by atoms with E-state index in [1.807, 2.05) is 0 Å². The zero-order valence-electron chi connectivity index (χ0n) is 15.5. The molecule has 0 radical (unpaired) electrons. The Kier molecular flexibility index (Phi) is 4.09. The molecule has 1 aliphatic rings. The van der Waals surface area contributed by atoms with Crippen LogP contribution < -0.4 is 5.32 Å². The Morgan fingerprint density at radius 3 is 2.53 bits per heavy atom. The molecule has 3 aromatic heterocycles. The molecule has 1 fully saturated rings. The van der Waals surface area contributed by atoms with Crippen LogP contribution >= 0.6 is 0 Å². The lowest BCUT2D eigenvalue weighted by Crippen LogP contribution is -2.13. The van der Waals surface area contributed by atoms with Crippen molar-refractivity contribution >= 4 is 17.2 Å². The minimum atomic E-state index is -4.49. The summed E-state index contributed by atoms with van der Waals surface area (Å²) in [6.07, 6.45) is 0.499. The summed E-state index contributed by atoms with van der Waals surface area (Å²) >= 11 is 0. The molecular weight excluding hydrogens is 397 g/mol. The van der Waals surface area contributed by atoms with Crippen molar-refractivity contribution in [1.29, 1.82) is 0 Å². The lowest BCUT2D eigenvalue weighted by molar-refractivity contribution is -0.141. The van der Waals surface area contributed by atoms with Crippen LogP contribution in [0.1, 0.15) is 40.6 Å². The fourth-order valence-electron chi connectivity index (χ4n) is 3.23. The molecule has 4 aromatic rings. The number of carbonyl (C=O) groups excluding carboxylic acids is 1. The zero-order valence-corrected chi connectivity index (χ0v) is 15.5. The van der Waals surface area contributed by atoms with E-state index in [4.69, 9.17) is 0 Å². The smallest absolute Gasteiger partial charge is 0.321 e. The SMILES string of the molecule is O=C(Nc1ccc(-n2nc(C(F)(F)F)cc2C2CC2)cc1)c1cc2ncccn2n1. The molecule has 0 bridgehead atoms. The van der Waals surface area contributed by atoms with Crippen molar-refractivity contribution in [3.63, 3.8) is 0 Å². The number of amides is 1. The minimum Gasteiger partial charge on any atom is -0.321 e. The second-order valence-corrected chi connectivity index (χ2v) is 7.09. The van der Waals surface area contributed by atoms with Crippen molar-refractivity contribution in [2.24, 2.45) is 0 Å². The second kappa shape index (κ2) is 6.68. The number of hydrogen-bond acceptors (Lipinski definition) is 4. The van der Waals surface area contributed by atoms with Crippen molar-refractivity contribution in [3.8, 4) is 5.69 Å². The fraction of sp³-hybridized carbons (Fsp3) is 0.200. The van der Waals surface area contributed by atoms with E-state index in [9.17, 15) is 18.0 Å². The Labute approximate surface area is 168 Å². The molecule has 5 rings (SSSR count). The van der Waals surface area contributed by atoms with Crippen molar-refractivity contribution in [3.05, 3.63) is 71.9 Å². The summed E-state index contributed by atoms with van der Waals surface area (Å²) in [7, 11) is 0. The summed E-state index contributed by atoms with van der Waals surface area (Å²) in [5, 5.41) is 10.6. The van der Waals surface area contributed by atoms with E-state index in [0.717, 1.165) is 18.9 Å². The number of fused-ring (bicyclic) bond motifs is 1. The Balaban J connectivity index is 1.38.